The number of carboxylic acid groups (broad SMARTS) is 1. The van der Waals surface area contributed by atoms with Gasteiger partial charge >= 0.3 is 5.97 Å². The fourth-order valence-electron chi connectivity index (χ4n) is 3.15. The van der Waals surface area contributed by atoms with Gasteiger partial charge in [0.25, 0.3) is 0 Å². The van der Waals surface area contributed by atoms with Crippen LogP contribution in [0.15, 0.2) is 54.6 Å². The van der Waals surface area contributed by atoms with Crippen molar-refractivity contribution in [3.63, 3.8) is 0 Å². The molecule has 2 aromatic carbocycles. The van der Waals surface area contributed by atoms with Crippen molar-refractivity contribution in [2.24, 2.45) is 5.92 Å². The molecule has 1 saturated heterocycles. The molecule has 1 unspecified atom stereocenters. The molecule has 1 heterocycles. The number of likely N-dealkylation sites (tertiary alicyclic amines) is 1. The van der Waals surface area contributed by atoms with Gasteiger partial charge in [-0.25, -0.2) is 4.39 Å². The first-order valence-electron chi connectivity index (χ1n) is 7.38. The van der Waals surface area contributed by atoms with E-state index in [0.717, 1.165) is 12.1 Å². The Morgan fingerprint density at radius 1 is 1.09 bits per heavy atom. The first-order chi connectivity index (χ1) is 10.6. The summed E-state index contributed by atoms with van der Waals surface area (Å²) in [7, 11) is 0. The zero-order valence-electron chi connectivity index (χ0n) is 12.2. The van der Waals surface area contributed by atoms with Crippen LogP contribution < -0.4 is 0 Å². The van der Waals surface area contributed by atoms with E-state index in [1.807, 2.05) is 30.3 Å². The van der Waals surface area contributed by atoms with Gasteiger partial charge in [0.05, 0.1) is 5.92 Å². The molecule has 2 aromatic rings. The van der Waals surface area contributed by atoms with Crippen molar-refractivity contribution in [3.8, 4) is 0 Å². The highest BCUT2D eigenvalue weighted by Crippen LogP contribution is 2.33. The molecule has 0 bridgehead atoms. The highest BCUT2D eigenvalue weighted by atomic mass is 19.1. The van der Waals surface area contributed by atoms with Crippen molar-refractivity contribution < 1.29 is 14.3 Å². The van der Waals surface area contributed by atoms with Crippen molar-refractivity contribution in [2.45, 2.75) is 12.5 Å². The third kappa shape index (κ3) is 3.17. The Morgan fingerprint density at radius 2 is 1.77 bits per heavy atom. The normalized spacial score (nSPS) is 21.9. The Balaban J connectivity index is 1.77. The van der Waals surface area contributed by atoms with Crippen LogP contribution in [-0.4, -0.2) is 29.1 Å². The molecule has 2 atom stereocenters. The summed E-state index contributed by atoms with van der Waals surface area (Å²) in [4.78, 5) is 13.7. The van der Waals surface area contributed by atoms with Crippen LogP contribution in [0, 0.1) is 11.7 Å². The van der Waals surface area contributed by atoms with E-state index in [-0.39, 0.29) is 11.7 Å². The minimum Gasteiger partial charge on any atom is -0.481 e. The van der Waals surface area contributed by atoms with Crippen molar-refractivity contribution in [2.75, 3.05) is 13.1 Å². The fraction of sp³-hybridized carbons (Fsp3) is 0.278. The molecule has 0 spiro atoms. The van der Waals surface area contributed by atoms with E-state index in [2.05, 4.69) is 4.90 Å². The van der Waals surface area contributed by atoms with Crippen molar-refractivity contribution in [1.29, 1.82) is 0 Å². The summed E-state index contributed by atoms with van der Waals surface area (Å²) in [6.45, 7) is 1.94. The lowest BCUT2D eigenvalue weighted by molar-refractivity contribution is -0.141. The van der Waals surface area contributed by atoms with Gasteiger partial charge in [0.2, 0.25) is 0 Å². The van der Waals surface area contributed by atoms with Crippen LogP contribution in [0.25, 0.3) is 0 Å². The first-order valence-corrected chi connectivity index (χ1v) is 7.38. The highest BCUT2D eigenvalue weighted by Gasteiger charge is 2.38. The molecule has 0 amide bonds. The molecule has 4 heteroatoms. The molecular weight excluding hydrogens is 281 g/mol. The van der Waals surface area contributed by atoms with Crippen LogP contribution in [0.4, 0.5) is 4.39 Å². The molecule has 1 N–H and O–H groups in total. The van der Waals surface area contributed by atoms with Gasteiger partial charge < -0.3 is 5.11 Å². The maximum atomic E-state index is 13.1. The lowest BCUT2D eigenvalue weighted by Gasteiger charge is -2.16. The Bertz CT molecular complexity index is 642. The number of halogens is 1. The maximum Gasteiger partial charge on any atom is 0.308 e. The van der Waals surface area contributed by atoms with Gasteiger partial charge in [-0.2, -0.15) is 0 Å². The SMILES string of the molecule is O=C(O)[C@@H]1CN(Cc2ccccc2)CC1c1ccc(F)cc1. The van der Waals surface area contributed by atoms with Crippen LogP contribution in [0.1, 0.15) is 17.0 Å². The van der Waals surface area contributed by atoms with Gasteiger partial charge in [-0.3, -0.25) is 9.69 Å². The molecule has 3 rings (SSSR count). The highest BCUT2D eigenvalue weighted by molar-refractivity contribution is 5.72. The van der Waals surface area contributed by atoms with E-state index in [4.69, 9.17) is 0 Å². The third-order valence-electron chi connectivity index (χ3n) is 4.26. The smallest absolute Gasteiger partial charge is 0.308 e. The molecule has 0 saturated carbocycles. The van der Waals surface area contributed by atoms with Gasteiger partial charge in [-0.1, -0.05) is 42.5 Å². The summed E-state index contributed by atoms with van der Waals surface area (Å²) in [5.74, 6) is -1.63. The monoisotopic (exact) mass is 299 g/mol. The molecule has 0 aromatic heterocycles. The third-order valence-corrected chi connectivity index (χ3v) is 4.26. The predicted molar refractivity (Wildman–Crippen MR) is 82.0 cm³/mol. The number of benzene rings is 2. The second kappa shape index (κ2) is 6.28. The van der Waals surface area contributed by atoms with E-state index >= 15 is 0 Å². The largest absolute Gasteiger partial charge is 0.481 e. The zero-order chi connectivity index (χ0) is 15.5. The summed E-state index contributed by atoms with van der Waals surface area (Å²) in [5, 5.41) is 9.48. The van der Waals surface area contributed by atoms with Crippen LogP contribution >= 0.6 is 0 Å². The molecule has 0 aliphatic carbocycles. The van der Waals surface area contributed by atoms with Crippen LogP contribution in [0.5, 0.6) is 0 Å². The van der Waals surface area contributed by atoms with E-state index < -0.39 is 11.9 Å². The number of rotatable bonds is 4. The standard InChI is InChI=1S/C18H18FNO2/c19-15-8-6-14(7-9-15)16-11-20(12-17(16)18(21)22)10-13-4-2-1-3-5-13/h1-9,16-17H,10-12H2,(H,21,22)/t16?,17-/m1/s1. The summed E-state index contributed by atoms with van der Waals surface area (Å²) in [6.07, 6.45) is 0. The number of carbonyl (C=O) groups is 1. The minimum absolute atomic E-state index is 0.0955. The van der Waals surface area contributed by atoms with Crippen molar-refractivity contribution in [1.82, 2.24) is 4.90 Å². The predicted octanol–water partition coefficient (Wildman–Crippen LogP) is 3.13. The molecule has 1 fully saturated rings. The summed E-state index contributed by atoms with van der Waals surface area (Å²) in [6, 6.07) is 16.2. The Kier molecular flexibility index (Phi) is 4.20. The molecule has 1 aliphatic rings. The molecule has 0 radical (unpaired) electrons. The average molecular weight is 299 g/mol. The number of hydrogen-bond donors (Lipinski definition) is 1. The van der Waals surface area contributed by atoms with Gasteiger partial charge in [-0.15, -0.1) is 0 Å². The molecule has 114 valence electrons. The Hall–Kier alpha value is -2.20. The summed E-state index contributed by atoms with van der Waals surface area (Å²) in [5.41, 5.74) is 2.07. The van der Waals surface area contributed by atoms with Crippen LogP contribution in [0.2, 0.25) is 0 Å². The van der Waals surface area contributed by atoms with Crippen LogP contribution in [-0.2, 0) is 11.3 Å². The van der Waals surface area contributed by atoms with Crippen molar-refractivity contribution >= 4 is 5.97 Å². The summed E-state index contributed by atoms with van der Waals surface area (Å²) < 4.78 is 13.1. The molecule has 1 aliphatic heterocycles. The topological polar surface area (TPSA) is 40.5 Å². The quantitative estimate of drug-likeness (QED) is 0.943. The molecular formula is C18H18FNO2. The van der Waals surface area contributed by atoms with Crippen LogP contribution in [0.3, 0.4) is 0 Å². The van der Waals surface area contributed by atoms with Gasteiger partial charge in [0, 0.05) is 25.6 Å². The second-order valence-electron chi connectivity index (χ2n) is 5.78. The summed E-state index contributed by atoms with van der Waals surface area (Å²) >= 11 is 0. The maximum absolute atomic E-state index is 13.1. The Labute approximate surface area is 129 Å². The average Bonchev–Trinajstić information content (AvgIpc) is 2.93. The lowest BCUT2D eigenvalue weighted by Crippen LogP contribution is -2.23. The van der Waals surface area contributed by atoms with Gasteiger partial charge in [0.15, 0.2) is 0 Å². The van der Waals surface area contributed by atoms with E-state index in [0.29, 0.717) is 13.1 Å². The van der Waals surface area contributed by atoms with Gasteiger partial charge in [-0.05, 0) is 23.3 Å². The zero-order valence-corrected chi connectivity index (χ0v) is 12.2. The van der Waals surface area contributed by atoms with Crippen molar-refractivity contribution in [3.05, 3.63) is 71.5 Å². The van der Waals surface area contributed by atoms with E-state index in [9.17, 15) is 14.3 Å². The Morgan fingerprint density at radius 3 is 2.41 bits per heavy atom. The van der Waals surface area contributed by atoms with Gasteiger partial charge in [0.1, 0.15) is 5.82 Å². The first kappa shape index (κ1) is 14.7. The number of nitrogens with zero attached hydrogens (tertiary/aromatic N) is 1. The van der Waals surface area contributed by atoms with E-state index in [1.165, 1.54) is 17.7 Å². The fourth-order valence-corrected chi connectivity index (χ4v) is 3.15. The number of carboxylic acids is 1. The second-order valence-corrected chi connectivity index (χ2v) is 5.78. The lowest BCUT2D eigenvalue weighted by atomic mass is 9.89. The molecule has 3 nitrogen and oxygen atoms in total. The number of hydrogen-bond acceptors (Lipinski definition) is 2. The number of aliphatic carboxylic acids is 1. The van der Waals surface area contributed by atoms with E-state index in [1.54, 1.807) is 12.1 Å². The minimum atomic E-state index is -0.787. The molecule has 22 heavy (non-hydrogen) atoms.